The highest BCUT2D eigenvalue weighted by molar-refractivity contribution is 8.03. The number of nitrogens with one attached hydrogen (secondary N) is 1. The normalized spacial score (nSPS) is 11.4. The first-order valence-electron chi connectivity index (χ1n) is 5.18. The van der Waals surface area contributed by atoms with Gasteiger partial charge in [-0.3, -0.25) is 0 Å². The molecule has 86 valence electrons. The molecule has 0 aromatic carbocycles. The third kappa shape index (κ3) is 5.05. The Balaban J connectivity index is 2.09. The Kier molecular flexibility index (Phi) is 6.45. The summed E-state index contributed by atoms with van der Waals surface area (Å²) in [4.78, 5) is 1.15. The molecule has 2 nitrogen and oxygen atoms in total. The van der Waals surface area contributed by atoms with Crippen molar-refractivity contribution in [1.29, 1.82) is 0 Å². The first kappa shape index (κ1) is 12.9. The van der Waals surface area contributed by atoms with Crippen LogP contribution in [-0.4, -0.2) is 12.3 Å². The lowest BCUT2D eigenvalue weighted by molar-refractivity contribution is 0.488. The van der Waals surface area contributed by atoms with Crippen molar-refractivity contribution in [3.63, 3.8) is 0 Å². The highest BCUT2D eigenvalue weighted by Gasteiger charge is 1.95. The smallest absolute Gasteiger partial charge is 0.117 e. The van der Waals surface area contributed by atoms with Crippen LogP contribution >= 0.6 is 11.8 Å². The number of hydrogen-bond acceptors (Lipinski definition) is 3. The van der Waals surface area contributed by atoms with Gasteiger partial charge in [-0.1, -0.05) is 25.3 Å². The van der Waals surface area contributed by atoms with Crippen LogP contribution in [0.3, 0.4) is 0 Å². The summed E-state index contributed by atoms with van der Waals surface area (Å²) in [6.45, 7) is 9.13. The molecule has 1 N–H and O–H groups in total. The van der Waals surface area contributed by atoms with Gasteiger partial charge in [0.15, 0.2) is 0 Å². The Morgan fingerprint density at radius 1 is 1.50 bits per heavy atom. The predicted molar refractivity (Wildman–Crippen MR) is 71.3 cm³/mol. The van der Waals surface area contributed by atoms with Gasteiger partial charge in [0.05, 0.1) is 12.8 Å². The van der Waals surface area contributed by atoms with E-state index >= 15 is 0 Å². The van der Waals surface area contributed by atoms with Crippen LogP contribution in [0.15, 0.2) is 59.1 Å². The van der Waals surface area contributed by atoms with E-state index in [-0.39, 0.29) is 0 Å². The molecule has 0 aliphatic rings. The zero-order valence-corrected chi connectivity index (χ0v) is 10.1. The van der Waals surface area contributed by atoms with Crippen LogP contribution in [0.5, 0.6) is 0 Å². The molecule has 16 heavy (non-hydrogen) atoms. The van der Waals surface area contributed by atoms with Crippen molar-refractivity contribution in [3.8, 4) is 0 Å². The van der Waals surface area contributed by atoms with E-state index in [1.165, 1.54) is 0 Å². The summed E-state index contributed by atoms with van der Waals surface area (Å²) in [5, 5.41) is 3.31. The van der Waals surface area contributed by atoms with E-state index in [2.05, 4.69) is 18.5 Å². The van der Waals surface area contributed by atoms with Crippen LogP contribution in [0.25, 0.3) is 0 Å². The van der Waals surface area contributed by atoms with Crippen LogP contribution in [0.1, 0.15) is 5.76 Å². The van der Waals surface area contributed by atoms with Crippen molar-refractivity contribution in [2.24, 2.45) is 0 Å². The summed E-state index contributed by atoms with van der Waals surface area (Å²) in [5.41, 5.74) is 0. The zero-order chi connectivity index (χ0) is 11.6. The second-order valence-corrected chi connectivity index (χ2v) is 4.28. The van der Waals surface area contributed by atoms with Gasteiger partial charge in [-0.25, -0.2) is 0 Å². The average Bonchev–Trinajstić information content (AvgIpc) is 2.80. The summed E-state index contributed by atoms with van der Waals surface area (Å²) in [6.07, 6.45) is 7.28. The Labute approximate surface area is 101 Å². The summed E-state index contributed by atoms with van der Waals surface area (Å²) in [7, 11) is 0. The lowest BCUT2D eigenvalue weighted by Gasteiger charge is -2.03. The second-order valence-electron chi connectivity index (χ2n) is 3.11. The number of allylic oxidation sites excluding steroid dienone is 3. The maximum Gasteiger partial charge on any atom is 0.117 e. The first-order chi connectivity index (χ1) is 7.86. The minimum absolute atomic E-state index is 0.780. The summed E-state index contributed by atoms with van der Waals surface area (Å²) in [6, 6.07) is 3.86. The minimum atomic E-state index is 0.780. The number of hydrogen-bond donors (Lipinski definition) is 1. The van der Waals surface area contributed by atoms with Crippen LogP contribution in [0.4, 0.5) is 0 Å². The molecular weight excluding hydrogens is 218 g/mol. The molecular formula is C13H17NOS. The number of furan rings is 1. The molecule has 1 aromatic rings. The summed E-state index contributed by atoms with van der Waals surface area (Å²) in [5.74, 6) is 1.97. The monoisotopic (exact) mass is 235 g/mol. The third-order valence-electron chi connectivity index (χ3n) is 1.91. The van der Waals surface area contributed by atoms with Crippen molar-refractivity contribution in [3.05, 3.63) is 60.4 Å². The first-order valence-corrected chi connectivity index (χ1v) is 6.16. The van der Waals surface area contributed by atoms with Gasteiger partial charge in [-0.05, 0) is 18.2 Å². The molecule has 0 bridgehead atoms. The van der Waals surface area contributed by atoms with E-state index in [1.54, 1.807) is 24.1 Å². The van der Waals surface area contributed by atoms with Gasteiger partial charge in [-0.2, -0.15) is 0 Å². The van der Waals surface area contributed by atoms with Gasteiger partial charge in [-0.15, -0.1) is 11.8 Å². The Morgan fingerprint density at radius 3 is 3.00 bits per heavy atom. The van der Waals surface area contributed by atoms with E-state index in [0.717, 1.165) is 29.5 Å². The fourth-order valence-corrected chi connectivity index (χ4v) is 1.95. The van der Waals surface area contributed by atoms with Crippen LogP contribution in [-0.2, 0) is 6.54 Å². The van der Waals surface area contributed by atoms with E-state index in [1.807, 2.05) is 24.3 Å². The summed E-state index contributed by atoms with van der Waals surface area (Å²) >= 11 is 1.76. The van der Waals surface area contributed by atoms with Gasteiger partial charge < -0.3 is 9.73 Å². The molecule has 0 atom stereocenters. The SMILES string of the molecule is C=C/C=C(\C=C)SCCNCc1ccco1. The molecule has 1 heterocycles. The standard InChI is InChI=1S/C13H17NOS/c1-3-6-13(4-2)16-10-8-14-11-12-7-5-9-15-12/h3-7,9,14H,1-2,8,10-11H2/b13-6+. The minimum Gasteiger partial charge on any atom is -0.468 e. The molecule has 0 aliphatic carbocycles. The maximum atomic E-state index is 5.21. The van der Waals surface area contributed by atoms with Crippen molar-refractivity contribution >= 4 is 11.8 Å². The lowest BCUT2D eigenvalue weighted by atomic mass is 10.4. The molecule has 0 spiro atoms. The van der Waals surface area contributed by atoms with Crippen molar-refractivity contribution < 1.29 is 4.42 Å². The van der Waals surface area contributed by atoms with E-state index < -0.39 is 0 Å². The quantitative estimate of drug-likeness (QED) is 0.552. The van der Waals surface area contributed by atoms with Crippen LogP contribution in [0.2, 0.25) is 0 Å². The Hall–Kier alpha value is -1.19. The topological polar surface area (TPSA) is 25.2 Å². The van der Waals surface area contributed by atoms with E-state index in [4.69, 9.17) is 4.42 Å². The molecule has 0 fully saturated rings. The van der Waals surface area contributed by atoms with E-state index in [9.17, 15) is 0 Å². The largest absolute Gasteiger partial charge is 0.468 e. The van der Waals surface area contributed by atoms with Crippen LogP contribution < -0.4 is 5.32 Å². The molecule has 0 aliphatic heterocycles. The van der Waals surface area contributed by atoms with Gasteiger partial charge >= 0.3 is 0 Å². The highest BCUT2D eigenvalue weighted by atomic mass is 32.2. The molecule has 0 saturated carbocycles. The van der Waals surface area contributed by atoms with Crippen molar-refractivity contribution in [1.82, 2.24) is 5.32 Å². The number of thioether (sulfide) groups is 1. The molecule has 1 aromatic heterocycles. The van der Waals surface area contributed by atoms with Crippen LogP contribution in [0, 0.1) is 0 Å². The molecule has 0 saturated heterocycles. The lowest BCUT2D eigenvalue weighted by Crippen LogP contribution is -2.16. The molecule has 0 radical (unpaired) electrons. The second kappa shape index (κ2) is 8.02. The van der Waals surface area contributed by atoms with Gasteiger partial charge in [0, 0.05) is 17.2 Å². The fraction of sp³-hybridized carbons (Fsp3) is 0.231. The predicted octanol–water partition coefficient (Wildman–Crippen LogP) is 3.36. The van der Waals surface area contributed by atoms with Gasteiger partial charge in [0.1, 0.15) is 5.76 Å². The Bertz CT molecular complexity index is 341. The molecule has 0 amide bonds. The zero-order valence-electron chi connectivity index (χ0n) is 9.32. The maximum absolute atomic E-state index is 5.21. The highest BCUT2D eigenvalue weighted by Crippen LogP contribution is 2.15. The molecule has 1 rings (SSSR count). The Morgan fingerprint density at radius 2 is 2.38 bits per heavy atom. The van der Waals surface area contributed by atoms with Gasteiger partial charge in [0.25, 0.3) is 0 Å². The molecule has 0 unspecified atom stereocenters. The fourth-order valence-electron chi connectivity index (χ4n) is 1.16. The average molecular weight is 235 g/mol. The third-order valence-corrected chi connectivity index (χ3v) is 2.95. The van der Waals surface area contributed by atoms with Crippen molar-refractivity contribution in [2.45, 2.75) is 6.54 Å². The van der Waals surface area contributed by atoms with Gasteiger partial charge in [0.2, 0.25) is 0 Å². The number of rotatable bonds is 8. The molecule has 3 heteroatoms. The van der Waals surface area contributed by atoms with Crippen molar-refractivity contribution in [2.75, 3.05) is 12.3 Å². The summed E-state index contributed by atoms with van der Waals surface area (Å²) < 4.78 is 5.21. The van der Waals surface area contributed by atoms with E-state index in [0.29, 0.717) is 0 Å².